The number of hydroxylamine groups is 2. The average molecular weight is 523 g/mol. The Morgan fingerprint density at radius 3 is 2.38 bits per heavy atom. The highest BCUT2D eigenvalue weighted by molar-refractivity contribution is 6.14. The predicted octanol–water partition coefficient (Wildman–Crippen LogP) is 5.24. The third-order valence-corrected chi connectivity index (χ3v) is 6.88. The molecule has 1 atom stereocenters. The van der Waals surface area contributed by atoms with E-state index in [1.807, 2.05) is 35.4 Å². The molecule has 0 saturated carbocycles. The number of aromatic nitrogens is 4. The topological polar surface area (TPSA) is 106 Å². The number of benzene rings is 3. The van der Waals surface area contributed by atoms with Crippen molar-refractivity contribution in [1.82, 2.24) is 25.7 Å². The molecule has 1 N–H and O–H groups in total. The summed E-state index contributed by atoms with van der Waals surface area (Å²) in [5.74, 6) is 0.152. The van der Waals surface area contributed by atoms with Crippen LogP contribution in [-0.4, -0.2) is 57.8 Å². The molecule has 1 aromatic heterocycles. The zero-order chi connectivity index (χ0) is 27.4. The van der Waals surface area contributed by atoms with E-state index in [2.05, 4.69) is 64.8 Å². The maximum Gasteiger partial charge on any atom is 0.337 e. The second-order valence-electron chi connectivity index (χ2n) is 9.17. The van der Waals surface area contributed by atoms with Crippen LogP contribution in [0.1, 0.15) is 41.8 Å². The highest BCUT2D eigenvalue weighted by Gasteiger charge is 2.29. The van der Waals surface area contributed by atoms with Gasteiger partial charge in [-0.25, -0.2) is 9.86 Å². The second kappa shape index (κ2) is 11.4. The average Bonchev–Trinajstić information content (AvgIpc) is 3.53. The molecule has 0 aliphatic carbocycles. The number of aromatic amines is 1. The fourth-order valence-electron chi connectivity index (χ4n) is 4.89. The van der Waals surface area contributed by atoms with Gasteiger partial charge in [0.2, 0.25) is 5.82 Å². The summed E-state index contributed by atoms with van der Waals surface area (Å²) in [6.07, 6.45) is 1.20. The Morgan fingerprint density at radius 2 is 1.74 bits per heavy atom. The van der Waals surface area contributed by atoms with E-state index in [4.69, 9.17) is 14.6 Å². The van der Waals surface area contributed by atoms with Crippen LogP contribution in [0.15, 0.2) is 89.1 Å². The molecule has 39 heavy (non-hydrogen) atoms. The second-order valence-corrected chi connectivity index (χ2v) is 9.17. The molecule has 4 aromatic rings. The predicted molar refractivity (Wildman–Crippen MR) is 149 cm³/mol. The molecule has 0 fully saturated rings. The maximum absolute atomic E-state index is 11.9. The van der Waals surface area contributed by atoms with Gasteiger partial charge in [0.25, 0.3) is 0 Å². The molecule has 0 bridgehead atoms. The number of hydrogen-bond donors (Lipinski definition) is 1. The molecule has 1 aliphatic heterocycles. The Labute approximate surface area is 227 Å². The number of tetrazole rings is 1. The molecular weight excluding hydrogens is 492 g/mol. The molecule has 1 unspecified atom stereocenters. The molecule has 1 aliphatic rings. The number of carbonyl (C=O) groups is 1. The lowest BCUT2D eigenvalue weighted by Crippen LogP contribution is -2.37. The third kappa shape index (κ3) is 5.21. The van der Waals surface area contributed by atoms with E-state index < -0.39 is 0 Å². The van der Waals surface area contributed by atoms with Crippen molar-refractivity contribution in [3.8, 4) is 22.5 Å². The summed E-state index contributed by atoms with van der Waals surface area (Å²) in [5, 5.41) is 16.8. The molecule has 5 rings (SSSR count). The van der Waals surface area contributed by atoms with Crippen LogP contribution in [0.4, 0.5) is 0 Å². The Bertz CT molecular complexity index is 1510. The maximum atomic E-state index is 11.9. The molecule has 0 amide bonds. The SMILES string of the molecule is CCC1N=C(c2ccc(-c3ccccc3)c(-c3nn[nH]n3)c2)C(Cc2ccc(C(=O)OC)cc2)=C(C)N1OC. The van der Waals surface area contributed by atoms with Crippen molar-refractivity contribution in [2.75, 3.05) is 14.2 Å². The van der Waals surface area contributed by atoms with Gasteiger partial charge in [0.1, 0.15) is 6.17 Å². The molecule has 0 saturated heterocycles. The van der Waals surface area contributed by atoms with Crippen LogP contribution in [0.2, 0.25) is 0 Å². The Kier molecular flexibility index (Phi) is 7.60. The molecule has 0 radical (unpaired) electrons. The van der Waals surface area contributed by atoms with E-state index in [1.165, 1.54) is 7.11 Å². The lowest BCUT2D eigenvalue weighted by atomic mass is 9.89. The highest BCUT2D eigenvalue weighted by Crippen LogP contribution is 2.34. The molecular formula is C30H30N6O3. The molecule has 9 nitrogen and oxygen atoms in total. The fourth-order valence-corrected chi connectivity index (χ4v) is 4.89. The standard InChI is InChI=1S/C30H30N6O3/c1-5-27-31-28(25(19(2)36(27)39-4)17-20-11-13-22(14-12-20)30(37)38-3)23-15-16-24(21-9-7-6-8-10-21)26(18-23)29-32-34-35-33-29/h6-16,18,27H,5,17H2,1-4H3,(H,32,33,34,35). The lowest BCUT2D eigenvalue weighted by molar-refractivity contribution is -0.132. The van der Waals surface area contributed by atoms with Crippen molar-refractivity contribution >= 4 is 11.7 Å². The molecule has 0 spiro atoms. The van der Waals surface area contributed by atoms with Crippen molar-refractivity contribution < 1.29 is 14.4 Å². The number of carbonyl (C=O) groups excluding carboxylic acids is 1. The number of rotatable bonds is 8. The van der Waals surface area contributed by atoms with Crippen molar-refractivity contribution in [1.29, 1.82) is 0 Å². The summed E-state index contributed by atoms with van der Waals surface area (Å²) in [7, 11) is 3.04. The number of esters is 1. The summed E-state index contributed by atoms with van der Waals surface area (Å²) < 4.78 is 4.85. The highest BCUT2D eigenvalue weighted by atomic mass is 16.7. The van der Waals surface area contributed by atoms with Gasteiger partial charge in [0.15, 0.2) is 0 Å². The minimum atomic E-state index is -0.360. The first-order valence-corrected chi connectivity index (χ1v) is 12.8. The van der Waals surface area contributed by atoms with Gasteiger partial charge in [0.05, 0.1) is 25.5 Å². The van der Waals surface area contributed by atoms with Gasteiger partial charge in [-0.15, -0.1) is 10.2 Å². The first kappa shape index (κ1) is 26.0. The first-order chi connectivity index (χ1) is 19.0. The van der Waals surface area contributed by atoms with E-state index >= 15 is 0 Å². The van der Waals surface area contributed by atoms with Crippen LogP contribution < -0.4 is 0 Å². The van der Waals surface area contributed by atoms with Gasteiger partial charge in [-0.1, -0.05) is 61.5 Å². The molecule has 9 heteroatoms. The number of hydrogen-bond acceptors (Lipinski definition) is 8. The van der Waals surface area contributed by atoms with Crippen molar-refractivity contribution in [2.24, 2.45) is 4.99 Å². The number of aliphatic imine (C=N–C) groups is 1. The smallest absolute Gasteiger partial charge is 0.337 e. The number of methoxy groups -OCH3 is 1. The zero-order valence-corrected chi connectivity index (χ0v) is 22.4. The van der Waals surface area contributed by atoms with E-state index in [9.17, 15) is 4.79 Å². The number of H-pyrrole nitrogens is 1. The van der Waals surface area contributed by atoms with E-state index in [0.717, 1.165) is 51.2 Å². The summed E-state index contributed by atoms with van der Waals surface area (Å²) in [4.78, 5) is 22.8. The summed E-state index contributed by atoms with van der Waals surface area (Å²) in [6, 6.07) is 23.8. The van der Waals surface area contributed by atoms with E-state index in [-0.39, 0.29) is 12.1 Å². The molecule has 3 aromatic carbocycles. The van der Waals surface area contributed by atoms with Crippen molar-refractivity contribution in [2.45, 2.75) is 32.9 Å². The Morgan fingerprint density at radius 1 is 0.974 bits per heavy atom. The minimum absolute atomic E-state index is 0.169. The first-order valence-electron chi connectivity index (χ1n) is 12.8. The number of nitrogens with one attached hydrogen (secondary N) is 1. The normalized spacial score (nSPS) is 15.3. The van der Waals surface area contributed by atoms with Crippen LogP contribution in [0.5, 0.6) is 0 Å². The zero-order valence-electron chi connectivity index (χ0n) is 22.4. The van der Waals surface area contributed by atoms with Gasteiger partial charge in [0, 0.05) is 28.8 Å². The summed E-state index contributed by atoms with van der Waals surface area (Å²) >= 11 is 0. The van der Waals surface area contributed by atoms with Crippen LogP contribution in [0.25, 0.3) is 22.5 Å². The Hall–Kier alpha value is -4.63. The van der Waals surface area contributed by atoms with E-state index in [0.29, 0.717) is 17.8 Å². The van der Waals surface area contributed by atoms with Crippen LogP contribution in [-0.2, 0) is 16.0 Å². The van der Waals surface area contributed by atoms with Gasteiger partial charge >= 0.3 is 5.97 Å². The van der Waals surface area contributed by atoms with Gasteiger partial charge < -0.3 is 4.74 Å². The molecule has 2 heterocycles. The van der Waals surface area contributed by atoms with Crippen LogP contribution >= 0.6 is 0 Å². The number of allylic oxidation sites excluding steroid dienone is 2. The number of nitrogens with zero attached hydrogens (tertiary/aromatic N) is 5. The van der Waals surface area contributed by atoms with Gasteiger partial charge in [-0.3, -0.25) is 9.83 Å². The lowest BCUT2D eigenvalue weighted by Gasteiger charge is -2.35. The van der Waals surface area contributed by atoms with Crippen molar-refractivity contribution in [3.63, 3.8) is 0 Å². The van der Waals surface area contributed by atoms with Crippen molar-refractivity contribution in [3.05, 3.63) is 101 Å². The third-order valence-electron chi connectivity index (χ3n) is 6.88. The number of ether oxygens (including phenoxy) is 1. The van der Waals surface area contributed by atoms with E-state index in [1.54, 1.807) is 19.2 Å². The minimum Gasteiger partial charge on any atom is -0.465 e. The largest absolute Gasteiger partial charge is 0.465 e. The van der Waals surface area contributed by atoms with Gasteiger partial charge in [-0.05, 0) is 53.4 Å². The monoisotopic (exact) mass is 522 g/mol. The molecule has 198 valence electrons. The summed E-state index contributed by atoms with van der Waals surface area (Å²) in [5.41, 5.74) is 8.31. The van der Waals surface area contributed by atoms with Crippen LogP contribution in [0, 0.1) is 0 Å². The fraction of sp³-hybridized carbons (Fsp3) is 0.233. The quantitative estimate of drug-likeness (QED) is 0.316. The Balaban J connectivity index is 1.61. The summed E-state index contributed by atoms with van der Waals surface area (Å²) in [6.45, 7) is 4.14. The van der Waals surface area contributed by atoms with Gasteiger partial charge in [-0.2, -0.15) is 5.21 Å². The van der Waals surface area contributed by atoms with Crippen LogP contribution in [0.3, 0.4) is 0 Å².